The Morgan fingerprint density at radius 1 is 1.19 bits per heavy atom. The Bertz CT molecular complexity index is 1070. The molecule has 1 aliphatic rings. The number of rotatable bonds is 8. The van der Waals surface area contributed by atoms with Gasteiger partial charge in [-0.2, -0.15) is 17.5 Å². The zero-order valence-corrected chi connectivity index (χ0v) is 18.1. The first-order valence-electron chi connectivity index (χ1n) is 9.87. The Morgan fingerprint density at radius 3 is 2.56 bits per heavy atom. The molecule has 32 heavy (non-hydrogen) atoms. The molecule has 2 N–H and O–H groups in total. The average Bonchev–Trinajstić information content (AvgIpc) is 3.31. The molecule has 1 saturated heterocycles. The highest BCUT2D eigenvalue weighted by atomic mass is 32.2. The van der Waals surface area contributed by atoms with Crippen LogP contribution < -0.4 is 15.4 Å². The quantitative estimate of drug-likeness (QED) is 0.573. The van der Waals surface area contributed by atoms with Crippen molar-refractivity contribution in [2.45, 2.75) is 23.9 Å². The summed E-state index contributed by atoms with van der Waals surface area (Å²) in [6.45, 7) is 0.788. The Kier molecular flexibility index (Phi) is 7.24. The number of ether oxygens (including phenoxy) is 1. The maximum atomic E-state index is 13.0. The van der Waals surface area contributed by atoms with Crippen molar-refractivity contribution in [3.63, 3.8) is 0 Å². The molecule has 1 aromatic carbocycles. The monoisotopic (exact) mass is 472 g/mol. The van der Waals surface area contributed by atoms with E-state index in [-0.39, 0.29) is 35.1 Å². The maximum Gasteiger partial charge on any atom is 0.419 e. The topological polar surface area (TPSA) is 101 Å². The lowest BCUT2D eigenvalue weighted by Crippen LogP contribution is -2.30. The Labute approximate surface area is 183 Å². The van der Waals surface area contributed by atoms with E-state index < -0.39 is 27.7 Å². The van der Waals surface area contributed by atoms with Crippen molar-refractivity contribution in [2.24, 2.45) is 0 Å². The summed E-state index contributed by atoms with van der Waals surface area (Å²) in [5, 5.41) is 5.10. The first-order valence-corrected chi connectivity index (χ1v) is 11.3. The number of hydrogen-bond donors (Lipinski definition) is 2. The number of alkyl halides is 3. The predicted octanol–water partition coefficient (Wildman–Crippen LogP) is 2.74. The molecule has 174 valence electrons. The number of hydrogen-bond acceptors (Lipinski definition) is 6. The zero-order chi connectivity index (χ0) is 23.4. The minimum absolute atomic E-state index is 0.00700. The van der Waals surface area contributed by atoms with Crippen LogP contribution in [0.15, 0.2) is 41.4 Å². The van der Waals surface area contributed by atoms with Gasteiger partial charge in [0.05, 0.1) is 12.7 Å². The largest absolute Gasteiger partial charge is 0.495 e. The van der Waals surface area contributed by atoms with Gasteiger partial charge in [-0.1, -0.05) is 0 Å². The number of nitrogens with zero attached hydrogens (tertiary/aromatic N) is 2. The lowest BCUT2D eigenvalue weighted by atomic mass is 10.2. The molecule has 0 bridgehead atoms. The number of carbonyl (C=O) groups excluding carboxylic acids is 1. The zero-order valence-electron chi connectivity index (χ0n) is 17.3. The lowest BCUT2D eigenvalue weighted by Gasteiger charge is -2.18. The molecule has 0 spiro atoms. The number of sulfonamides is 1. The van der Waals surface area contributed by atoms with E-state index in [1.54, 1.807) is 0 Å². The summed E-state index contributed by atoms with van der Waals surface area (Å²) < 4.78 is 71.4. The Hall–Kier alpha value is -2.86. The van der Waals surface area contributed by atoms with Gasteiger partial charge in [-0.05, 0) is 43.2 Å². The summed E-state index contributed by atoms with van der Waals surface area (Å²) in [5.74, 6) is -0.771. The number of benzene rings is 1. The third kappa shape index (κ3) is 5.30. The minimum Gasteiger partial charge on any atom is -0.495 e. The summed E-state index contributed by atoms with van der Waals surface area (Å²) in [5.41, 5.74) is -0.810. The molecule has 1 amide bonds. The van der Waals surface area contributed by atoms with Crippen LogP contribution in [0.3, 0.4) is 0 Å². The number of halogens is 3. The molecule has 1 aromatic heterocycles. The molecule has 8 nitrogen and oxygen atoms in total. The van der Waals surface area contributed by atoms with Crippen molar-refractivity contribution in [3.8, 4) is 5.75 Å². The smallest absolute Gasteiger partial charge is 0.419 e. The van der Waals surface area contributed by atoms with Gasteiger partial charge < -0.3 is 15.4 Å². The fourth-order valence-electron chi connectivity index (χ4n) is 3.32. The van der Waals surface area contributed by atoms with Gasteiger partial charge in [0.2, 0.25) is 10.0 Å². The van der Waals surface area contributed by atoms with E-state index in [1.165, 1.54) is 41.9 Å². The number of amides is 1. The van der Waals surface area contributed by atoms with Crippen LogP contribution in [0, 0.1) is 0 Å². The molecule has 1 fully saturated rings. The maximum absolute atomic E-state index is 13.0. The third-order valence-corrected chi connectivity index (χ3v) is 6.84. The van der Waals surface area contributed by atoms with Gasteiger partial charge in [-0.3, -0.25) is 4.79 Å². The second-order valence-corrected chi connectivity index (χ2v) is 8.96. The van der Waals surface area contributed by atoms with E-state index in [1.807, 2.05) is 0 Å². The number of methoxy groups -OCH3 is 1. The van der Waals surface area contributed by atoms with Crippen LogP contribution in [-0.2, 0) is 16.2 Å². The number of nitrogens with one attached hydrogen (secondary N) is 2. The van der Waals surface area contributed by atoms with Crippen LogP contribution in [0.4, 0.5) is 19.0 Å². The van der Waals surface area contributed by atoms with E-state index in [4.69, 9.17) is 4.74 Å². The Balaban J connectivity index is 1.66. The van der Waals surface area contributed by atoms with Crippen molar-refractivity contribution in [1.82, 2.24) is 14.6 Å². The van der Waals surface area contributed by atoms with Crippen LogP contribution in [-0.4, -0.2) is 56.9 Å². The summed E-state index contributed by atoms with van der Waals surface area (Å²) in [7, 11) is -2.47. The van der Waals surface area contributed by atoms with Gasteiger partial charge in [0.15, 0.2) is 0 Å². The number of pyridine rings is 1. The average molecular weight is 472 g/mol. The number of aromatic nitrogens is 1. The molecule has 0 atom stereocenters. The third-order valence-electron chi connectivity index (χ3n) is 4.92. The van der Waals surface area contributed by atoms with Gasteiger partial charge >= 0.3 is 6.18 Å². The SMILES string of the molecule is COc1ccc(C(=O)NCCNc2ncccc2C(F)(F)F)cc1S(=O)(=O)N1CCCC1. The highest BCUT2D eigenvalue weighted by Gasteiger charge is 2.34. The van der Waals surface area contributed by atoms with Crippen molar-refractivity contribution in [3.05, 3.63) is 47.7 Å². The molecule has 12 heteroatoms. The standard InChI is InChI=1S/C20H23F3N4O4S/c1-31-16-7-6-14(13-17(16)32(29,30)27-11-2-3-12-27)19(28)26-10-9-25-18-15(20(21,22)23)5-4-8-24-18/h4-8,13H,2-3,9-12H2,1H3,(H,24,25)(H,26,28). The highest BCUT2D eigenvalue weighted by Crippen LogP contribution is 2.33. The van der Waals surface area contributed by atoms with E-state index in [0.29, 0.717) is 13.1 Å². The first-order chi connectivity index (χ1) is 15.1. The van der Waals surface area contributed by atoms with Crippen molar-refractivity contribution in [1.29, 1.82) is 0 Å². The molecular formula is C20H23F3N4O4S. The molecule has 0 aliphatic carbocycles. The molecule has 2 aromatic rings. The highest BCUT2D eigenvalue weighted by molar-refractivity contribution is 7.89. The van der Waals surface area contributed by atoms with Crippen LogP contribution >= 0.6 is 0 Å². The van der Waals surface area contributed by atoms with Crippen LogP contribution in [0.5, 0.6) is 5.75 Å². The predicted molar refractivity (Wildman–Crippen MR) is 111 cm³/mol. The molecule has 0 unspecified atom stereocenters. The fourth-order valence-corrected chi connectivity index (χ4v) is 5.02. The molecule has 0 saturated carbocycles. The molecule has 1 aliphatic heterocycles. The van der Waals surface area contributed by atoms with Crippen molar-refractivity contribution < 1.29 is 31.1 Å². The normalized spacial score (nSPS) is 14.9. The lowest BCUT2D eigenvalue weighted by molar-refractivity contribution is -0.137. The Morgan fingerprint density at radius 2 is 1.91 bits per heavy atom. The van der Waals surface area contributed by atoms with Gasteiger partial charge in [-0.15, -0.1) is 0 Å². The van der Waals surface area contributed by atoms with Crippen molar-refractivity contribution in [2.75, 3.05) is 38.6 Å². The van der Waals surface area contributed by atoms with Gasteiger partial charge in [0.25, 0.3) is 5.91 Å². The molecule has 0 radical (unpaired) electrons. The second kappa shape index (κ2) is 9.74. The molecular weight excluding hydrogens is 449 g/mol. The van der Waals surface area contributed by atoms with Gasteiger partial charge in [0, 0.05) is 37.9 Å². The first kappa shape index (κ1) is 23.8. The molecule has 3 rings (SSSR count). The second-order valence-electron chi connectivity index (χ2n) is 7.06. The van der Waals surface area contributed by atoms with E-state index in [2.05, 4.69) is 15.6 Å². The summed E-state index contributed by atoms with van der Waals surface area (Å²) >= 11 is 0. The number of carbonyl (C=O) groups is 1. The number of anilines is 1. The summed E-state index contributed by atoms with van der Waals surface area (Å²) in [6.07, 6.45) is -1.79. The van der Waals surface area contributed by atoms with Crippen molar-refractivity contribution >= 4 is 21.7 Å². The molecule has 2 heterocycles. The van der Waals surface area contributed by atoms with Gasteiger partial charge in [-0.25, -0.2) is 13.4 Å². The fraction of sp³-hybridized carbons (Fsp3) is 0.400. The van der Waals surface area contributed by atoms with Crippen LogP contribution in [0.25, 0.3) is 0 Å². The minimum atomic E-state index is -4.56. The van der Waals surface area contributed by atoms with Crippen LogP contribution in [0.2, 0.25) is 0 Å². The van der Waals surface area contributed by atoms with Crippen LogP contribution in [0.1, 0.15) is 28.8 Å². The summed E-state index contributed by atoms with van der Waals surface area (Å²) in [4.78, 5) is 16.1. The van der Waals surface area contributed by atoms with Gasteiger partial charge in [0.1, 0.15) is 16.5 Å². The summed E-state index contributed by atoms with van der Waals surface area (Å²) in [6, 6.07) is 6.17. The van der Waals surface area contributed by atoms with E-state index >= 15 is 0 Å². The van der Waals surface area contributed by atoms with E-state index in [9.17, 15) is 26.4 Å². The van der Waals surface area contributed by atoms with E-state index in [0.717, 1.165) is 18.9 Å².